The highest BCUT2D eigenvalue weighted by atomic mass is 16.3. The third-order valence-electron chi connectivity index (χ3n) is 10.7. The molecule has 0 aliphatic carbocycles. The van der Waals surface area contributed by atoms with E-state index in [1.807, 2.05) is 24.3 Å². The lowest BCUT2D eigenvalue weighted by molar-refractivity contribution is 0.668. The van der Waals surface area contributed by atoms with Gasteiger partial charge in [0.05, 0.1) is 16.8 Å². The number of rotatable bonds is 5. The molecule has 248 valence electrons. The van der Waals surface area contributed by atoms with Crippen molar-refractivity contribution in [1.29, 1.82) is 0 Å². The van der Waals surface area contributed by atoms with Crippen molar-refractivity contribution in [3.8, 4) is 22.3 Å². The summed E-state index contributed by atoms with van der Waals surface area (Å²) in [6.07, 6.45) is 0. The van der Waals surface area contributed by atoms with Crippen LogP contribution in [0.1, 0.15) is 0 Å². The summed E-state index contributed by atoms with van der Waals surface area (Å²) >= 11 is 0. The van der Waals surface area contributed by atoms with Crippen LogP contribution in [0.2, 0.25) is 0 Å². The van der Waals surface area contributed by atoms with Gasteiger partial charge in [0.2, 0.25) is 0 Å². The van der Waals surface area contributed by atoms with Crippen molar-refractivity contribution in [3.63, 3.8) is 0 Å². The Morgan fingerprint density at radius 1 is 0.321 bits per heavy atom. The van der Waals surface area contributed by atoms with Crippen molar-refractivity contribution in [2.24, 2.45) is 0 Å². The number of hydrogen-bond donors (Lipinski definition) is 0. The topological polar surface area (TPSA) is 29.5 Å². The molecule has 2 heterocycles. The first-order valence-corrected chi connectivity index (χ1v) is 18.0. The number of furan rings is 2. The number of anilines is 3. The molecule has 3 heteroatoms. The van der Waals surface area contributed by atoms with Gasteiger partial charge in [0.15, 0.2) is 0 Å². The predicted octanol–water partition coefficient (Wildman–Crippen LogP) is 14.6. The third-order valence-corrected chi connectivity index (χ3v) is 10.7. The van der Waals surface area contributed by atoms with Crippen LogP contribution in [-0.2, 0) is 0 Å². The van der Waals surface area contributed by atoms with Crippen LogP contribution in [0.25, 0.3) is 87.7 Å². The minimum Gasteiger partial charge on any atom is -0.456 e. The number of fused-ring (bicyclic) bond motifs is 9. The van der Waals surface area contributed by atoms with E-state index >= 15 is 0 Å². The molecule has 0 spiro atoms. The van der Waals surface area contributed by atoms with Crippen LogP contribution in [0.15, 0.2) is 197 Å². The molecule has 0 fully saturated rings. The van der Waals surface area contributed by atoms with Crippen molar-refractivity contribution in [2.45, 2.75) is 0 Å². The average molecular weight is 678 g/mol. The van der Waals surface area contributed by atoms with Gasteiger partial charge in [-0.25, -0.2) is 0 Å². The fraction of sp³-hybridized carbons (Fsp3) is 0. The van der Waals surface area contributed by atoms with E-state index in [0.29, 0.717) is 0 Å². The second-order valence-corrected chi connectivity index (χ2v) is 13.6. The van der Waals surface area contributed by atoms with Gasteiger partial charge in [-0.05, 0) is 98.9 Å². The van der Waals surface area contributed by atoms with Gasteiger partial charge in [-0.1, -0.05) is 127 Å². The Bertz CT molecular complexity index is 3180. The highest BCUT2D eigenvalue weighted by molar-refractivity contribution is 6.17. The molecular formula is C50H31NO2. The van der Waals surface area contributed by atoms with Crippen LogP contribution in [0.5, 0.6) is 0 Å². The lowest BCUT2D eigenvalue weighted by Crippen LogP contribution is -2.11. The van der Waals surface area contributed by atoms with E-state index in [-0.39, 0.29) is 0 Å². The van der Waals surface area contributed by atoms with Crippen molar-refractivity contribution in [3.05, 3.63) is 188 Å². The average Bonchev–Trinajstić information content (AvgIpc) is 3.80. The number of para-hydroxylation sites is 3. The number of nitrogens with zero attached hydrogens (tertiary/aromatic N) is 1. The standard InChI is InChI=1S/C50H31NO2/c1-2-13-36-34(12-1)30-43(38-15-4-3-14-37(36)38)39-16-5-8-19-44(39)51(45-20-11-23-48-50(45)42-18-7-10-22-47(42)52-48)35-27-24-32(25-28-35)33-26-29-41-40-17-6-9-21-46(40)53-49(41)31-33/h1-31H. The van der Waals surface area contributed by atoms with Crippen LogP contribution in [0, 0.1) is 0 Å². The molecule has 0 amide bonds. The molecule has 0 radical (unpaired) electrons. The molecule has 0 bridgehead atoms. The summed E-state index contributed by atoms with van der Waals surface area (Å²) in [6, 6.07) is 66.9. The summed E-state index contributed by atoms with van der Waals surface area (Å²) in [5.41, 5.74) is 11.3. The van der Waals surface area contributed by atoms with Gasteiger partial charge in [-0.3, -0.25) is 0 Å². The quantitative estimate of drug-likeness (QED) is 0.170. The molecule has 2 aromatic heterocycles. The molecule has 11 aromatic rings. The Balaban J connectivity index is 1.13. The molecule has 11 rings (SSSR count). The van der Waals surface area contributed by atoms with E-state index < -0.39 is 0 Å². The molecule has 0 atom stereocenters. The molecule has 9 aromatic carbocycles. The van der Waals surface area contributed by atoms with E-state index in [1.54, 1.807) is 0 Å². The van der Waals surface area contributed by atoms with Crippen LogP contribution in [0.4, 0.5) is 17.1 Å². The first kappa shape index (κ1) is 29.6. The predicted molar refractivity (Wildman–Crippen MR) is 222 cm³/mol. The molecule has 0 N–H and O–H groups in total. The van der Waals surface area contributed by atoms with E-state index in [9.17, 15) is 0 Å². The summed E-state index contributed by atoms with van der Waals surface area (Å²) < 4.78 is 12.7. The van der Waals surface area contributed by atoms with Crippen molar-refractivity contribution in [2.75, 3.05) is 4.90 Å². The second-order valence-electron chi connectivity index (χ2n) is 13.6. The van der Waals surface area contributed by atoms with E-state index in [4.69, 9.17) is 8.83 Å². The van der Waals surface area contributed by atoms with Gasteiger partial charge in [0, 0.05) is 27.4 Å². The SMILES string of the molecule is c1ccc(N(c2ccc(-c3ccc4c(c3)oc3ccccc34)cc2)c2cccc3oc4ccccc4c23)c(-c2cc3ccccc3c3ccccc23)c1. The zero-order valence-electron chi connectivity index (χ0n) is 28.7. The molecule has 0 aliphatic heterocycles. The first-order chi connectivity index (χ1) is 26.3. The molecule has 0 unspecified atom stereocenters. The largest absolute Gasteiger partial charge is 0.456 e. The van der Waals surface area contributed by atoms with Gasteiger partial charge in [0.1, 0.15) is 22.3 Å². The maximum Gasteiger partial charge on any atom is 0.137 e. The van der Waals surface area contributed by atoms with Gasteiger partial charge in [-0.15, -0.1) is 0 Å². The summed E-state index contributed by atoms with van der Waals surface area (Å²) in [5.74, 6) is 0. The molecule has 0 saturated heterocycles. The van der Waals surface area contributed by atoms with E-state index in [0.717, 1.165) is 77.6 Å². The summed E-state index contributed by atoms with van der Waals surface area (Å²) in [4.78, 5) is 2.40. The Labute approximate surface area is 305 Å². The first-order valence-electron chi connectivity index (χ1n) is 18.0. The van der Waals surface area contributed by atoms with Gasteiger partial charge >= 0.3 is 0 Å². The molecule has 0 saturated carbocycles. The highest BCUT2D eigenvalue weighted by Gasteiger charge is 2.23. The third kappa shape index (κ3) is 4.68. The Hall–Kier alpha value is -7.10. The fourth-order valence-electron chi connectivity index (χ4n) is 8.23. The zero-order chi connectivity index (χ0) is 34.9. The molecule has 3 nitrogen and oxygen atoms in total. The van der Waals surface area contributed by atoms with Crippen molar-refractivity contribution in [1.82, 2.24) is 0 Å². The highest BCUT2D eigenvalue weighted by Crippen LogP contribution is 2.48. The summed E-state index contributed by atoms with van der Waals surface area (Å²) in [5, 5.41) is 9.39. The van der Waals surface area contributed by atoms with Crippen LogP contribution < -0.4 is 4.90 Å². The Morgan fingerprint density at radius 2 is 0.906 bits per heavy atom. The van der Waals surface area contributed by atoms with Crippen molar-refractivity contribution >= 4 is 82.5 Å². The minimum atomic E-state index is 0.859. The molecule has 53 heavy (non-hydrogen) atoms. The lowest BCUT2D eigenvalue weighted by atomic mass is 9.92. The maximum atomic E-state index is 6.43. The molecule has 0 aliphatic rings. The maximum absolute atomic E-state index is 6.43. The number of benzene rings is 9. The minimum absolute atomic E-state index is 0.859. The van der Waals surface area contributed by atoms with Gasteiger partial charge < -0.3 is 13.7 Å². The van der Waals surface area contributed by atoms with E-state index in [1.165, 1.54) is 27.1 Å². The van der Waals surface area contributed by atoms with E-state index in [2.05, 4.69) is 169 Å². The van der Waals surface area contributed by atoms with Gasteiger partial charge in [0.25, 0.3) is 0 Å². The zero-order valence-corrected chi connectivity index (χ0v) is 28.7. The van der Waals surface area contributed by atoms with Crippen molar-refractivity contribution < 1.29 is 8.83 Å². The Morgan fingerprint density at radius 3 is 1.75 bits per heavy atom. The summed E-state index contributed by atoms with van der Waals surface area (Å²) in [6.45, 7) is 0. The van der Waals surface area contributed by atoms with Crippen LogP contribution >= 0.6 is 0 Å². The lowest BCUT2D eigenvalue weighted by Gasteiger charge is -2.29. The Kier molecular flexibility index (Phi) is 6.55. The monoisotopic (exact) mass is 677 g/mol. The normalized spacial score (nSPS) is 11.8. The second kappa shape index (κ2) is 11.7. The fourth-order valence-corrected chi connectivity index (χ4v) is 8.23. The van der Waals surface area contributed by atoms with Gasteiger partial charge in [-0.2, -0.15) is 0 Å². The molecular weight excluding hydrogens is 647 g/mol. The van der Waals surface area contributed by atoms with Crippen LogP contribution in [0.3, 0.4) is 0 Å². The van der Waals surface area contributed by atoms with Crippen LogP contribution in [-0.4, -0.2) is 0 Å². The summed E-state index contributed by atoms with van der Waals surface area (Å²) in [7, 11) is 0. The smallest absolute Gasteiger partial charge is 0.137 e. The number of hydrogen-bond acceptors (Lipinski definition) is 3.